The van der Waals surface area contributed by atoms with Crippen molar-refractivity contribution in [2.45, 2.75) is 39.7 Å². The molecule has 0 aliphatic carbocycles. The summed E-state index contributed by atoms with van der Waals surface area (Å²) in [5.41, 5.74) is 4.32. The van der Waals surface area contributed by atoms with Crippen LogP contribution in [0.2, 0.25) is 0 Å². The maximum atomic E-state index is 5.65. The van der Waals surface area contributed by atoms with Crippen LogP contribution in [0.15, 0.2) is 22.7 Å². The molecule has 0 aromatic heterocycles. The van der Waals surface area contributed by atoms with Crippen molar-refractivity contribution in [2.24, 2.45) is 11.3 Å². The van der Waals surface area contributed by atoms with E-state index in [0.717, 1.165) is 23.1 Å². The largest absolute Gasteiger partial charge is 0.496 e. The van der Waals surface area contributed by atoms with Crippen molar-refractivity contribution < 1.29 is 4.74 Å². The number of benzene rings is 1. The van der Waals surface area contributed by atoms with Gasteiger partial charge in [-0.2, -0.15) is 0 Å². The zero-order valence-electron chi connectivity index (χ0n) is 11.6. The lowest BCUT2D eigenvalue weighted by Gasteiger charge is -2.26. The SMILES string of the molecule is COc1ccc(Br)cc1CC(CC(C)(C)C)NN. The monoisotopic (exact) mass is 314 g/mol. The fourth-order valence-corrected chi connectivity index (χ4v) is 2.51. The van der Waals surface area contributed by atoms with Crippen LogP contribution in [0.3, 0.4) is 0 Å². The minimum atomic E-state index is 0.244. The molecular formula is C14H23BrN2O. The lowest BCUT2D eigenvalue weighted by Crippen LogP contribution is -2.39. The Morgan fingerprint density at radius 3 is 2.56 bits per heavy atom. The molecule has 0 spiro atoms. The average Bonchev–Trinajstić information content (AvgIpc) is 2.26. The van der Waals surface area contributed by atoms with Gasteiger partial charge in [-0.1, -0.05) is 36.7 Å². The van der Waals surface area contributed by atoms with Gasteiger partial charge in [-0.15, -0.1) is 0 Å². The number of nitrogens with two attached hydrogens (primary N) is 1. The molecule has 1 aromatic carbocycles. The number of hydrogen-bond donors (Lipinski definition) is 2. The first-order valence-electron chi connectivity index (χ1n) is 6.14. The lowest BCUT2D eigenvalue weighted by atomic mass is 9.86. The van der Waals surface area contributed by atoms with E-state index in [1.165, 1.54) is 5.56 Å². The number of halogens is 1. The summed E-state index contributed by atoms with van der Waals surface area (Å²) in [5.74, 6) is 6.56. The Labute approximate surface area is 118 Å². The van der Waals surface area contributed by atoms with Gasteiger partial charge in [-0.25, -0.2) is 0 Å². The molecule has 3 nitrogen and oxygen atoms in total. The molecule has 0 saturated carbocycles. The van der Waals surface area contributed by atoms with Crippen LogP contribution in [0.5, 0.6) is 5.75 Å². The van der Waals surface area contributed by atoms with Crippen molar-refractivity contribution in [3.8, 4) is 5.75 Å². The Morgan fingerprint density at radius 1 is 1.39 bits per heavy atom. The van der Waals surface area contributed by atoms with Crippen LogP contribution in [0.25, 0.3) is 0 Å². The van der Waals surface area contributed by atoms with Gasteiger partial charge in [0, 0.05) is 10.5 Å². The molecular weight excluding hydrogens is 292 g/mol. The van der Waals surface area contributed by atoms with Crippen LogP contribution in [-0.4, -0.2) is 13.2 Å². The summed E-state index contributed by atoms with van der Waals surface area (Å²) < 4.78 is 6.45. The van der Waals surface area contributed by atoms with Crippen molar-refractivity contribution >= 4 is 15.9 Å². The molecule has 0 amide bonds. The highest BCUT2D eigenvalue weighted by molar-refractivity contribution is 9.10. The number of hydrogen-bond acceptors (Lipinski definition) is 3. The second kappa shape index (κ2) is 6.55. The van der Waals surface area contributed by atoms with Crippen molar-refractivity contribution in [3.05, 3.63) is 28.2 Å². The average molecular weight is 315 g/mol. The van der Waals surface area contributed by atoms with E-state index in [0.29, 0.717) is 0 Å². The minimum Gasteiger partial charge on any atom is -0.496 e. The van der Waals surface area contributed by atoms with Gasteiger partial charge in [-0.3, -0.25) is 11.3 Å². The second-order valence-corrected chi connectivity index (χ2v) is 6.70. The quantitative estimate of drug-likeness (QED) is 0.647. The fourth-order valence-electron chi connectivity index (χ4n) is 2.10. The summed E-state index contributed by atoms with van der Waals surface area (Å²) in [7, 11) is 1.70. The van der Waals surface area contributed by atoms with Gasteiger partial charge in [-0.05, 0) is 42.0 Å². The van der Waals surface area contributed by atoms with E-state index >= 15 is 0 Å². The van der Waals surface area contributed by atoms with E-state index in [4.69, 9.17) is 10.6 Å². The maximum Gasteiger partial charge on any atom is 0.122 e. The Bertz CT molecular complexity index is 388. The summed E-state index contributed by atoms with van der Waals surface area (Å²) >= 11 is 3.49. The molecule has 0 aliphatic heterocycles. The van der Waals surface area contributed by atoms with E-state index in [1.807, 2.05) is 12.1 Å². The van der Waals surface area contributed by atoms with E-state index in [2.05, 4.69) is 48.2 Å². The van der Waals surface area contributed by atoms with Gasteiger partial charge in [0.15, 0.2) is 0 Å². The first-order valence-corrected chi connectivity index (χ1v) is 6.93. The number of methoxy groups -OCH3 is 1. The standard InChI is InChI=1S/C14H23BrN2O/c1-14(2,3)9-12(17-16)8-10-7-11(15)5-6-13(10)18-4/h5-7,12,17H,8-9,16H2,1-4H3. The molecule has 1 atom stereocenters. The highest BCUT2D eigenvalue weighted by atomic mass is 79.9. The molecule has 18 heavy (non-hydrogen) atoms. The molecule has 0 fully saturated rings. The van der Waals surface area contributed by atoms with Crippen LogP contribution in [0.4, 0.5) is 0 Å². The minimum absolute atomic E-state index is 0.244. The molecule has 0 bridgehead atoms. The van der Waals surface area contributed by atoms with Crippen molar-refractivity contribution in [1.82, 2.24) is 5.43 Å². The number of nitrogens with one attached hydrogen (secondary N) is 1. The second-order valence-electron chi connectivity index (χ2n) is 5.79. The topological polar surface area (TPSA) is 47.3 Å². The van der Waals surface area contributed by atoms with E-state index in [-0.39, 0.29) is 11.5 Å². The van der Waals surface area contributed by atoms with Crippen LogP contribution < -0.4 is 16.0 Å². The van der Waals surface area contributed by atoms with Crippen LogP contribution in [0, 0.1) is 5.41 Å². The Morgan fingerprint density at radius 2 is 2.06 bits per heavy atom. The van der Waals surface area contributed by atoms with Gasteiger partial charge in [0.05, 0.1) is 7.11 Å². The summed E-state index contributed by atoms with van der Waals surface area (Å²) in [5, 5.41) is 0. The van der Waals surface area contributed by atoms with Gasteiger partial charge >= 0.3 is 0 Å². The Kier molecular flexibility index (Phi) is 5.63. The number of hydrazine groups is 1. The smallest absolute Gasteiger partial charge is 0.122 e. The summed E-state index contributed by atoms with van der Waals surface area (Å²) in [4.78, 5) is 0. The number of ether oxygens (including phenoxy) is 1. The molecule has 102 valence electrons. The summed E-state index contributed by atoms with van der Waals surface area (Å²) in [6.45, 7) is 6.65. The van der Waals surface area contributed by atoms with Crippen molar-refractivity contribution in [1.29, 1.82) is 0 Å². The first-order chi connectivity index (χ1) is 8.35. The normalized spacial score (nSPS) is 13.4. The molecule has 1 unspecified atom stereocenters. The fraction of sp³-hybridized carbons (Fsp3) is 0.571. The van der Waals surface area contributed by atoms with Crippen LogP contribution in [-0.2, 0) is 6.42 Å². The van der Waals surface area contributed by atoms with E-state index in [1.54, 1.807) is 7.11 Å². The first kappa shape index (κ1) is 15.5. The Balaban J connectivity index is 2.84. The van der Waals surface area contributed by atoms with Crippen LogP contribution >= 0.6 is 15.9 Å². The van der Waals surface area contributed by atoms with Crippen LogP contribution in [0.1, 0.15) is 32.8 Å². The van der Waals surface area contributed by atoms with E-state index < -0.39 is 0 Å². The molecule has 0 heterocycles. The van der Waals surface area contributed by atoms with Gasteiger partial charge in [0.25, 0.3) is 0 Å². The molecule has 1 aromatic rings. The molecule has 0 saturated heterocycles. The zero-order valence-corrected chi connectivity index (χ0v) is 13.2. The Hall–Kier alpha value is -0.580. The predicted molar refractivity (Wildman–Crippen MR) is 79.6 cm³/mol. The van der Waals surface area contributed by atoms with Gasteiger partial charge in [0.2, 0.25) is 0 Å². The van der Waals surface area contributed by atoms with Gasteiger partial charge < -0.3 is 4.74 Å². The maximum absolute atomic E-state index is 5.65. The molecule has 0 aliphatic rings. The van der Waals surface area contributed by atoms with Crippen molar-refractivity contribution in [2.75, 3.05) is 7.11 Å². The lowest BCUT2D eigenvalue weighted by molar-refractivity contribution is 0.306. The van der Waals surface area contributed by atoms with E-state index in [9.17, 15) is 0 Å². The third-order valence-electron chi connectivity index (χ3n) is 2.80. The molecule has 0 radical (unpaired) electrons. The summed E-state index contributed by atoms with van der Waals surface area (Å²) in [6.07, 6.45) is 1.87. The molecule has 3 N–H and O–H groups in total. The third kappa shape index (κ3) is 4.96. The summed E-state index contributed by atoms with van der Waals surface area (Å²) in [6, 6.07) is 6.29. The molecule has 4 heteroatoms. The van der Waals surface area contributed by atoms with Crippen molar-refractivity contribution in [3.63, 3.8) is 0 Å². The highest BCUT2D eigenvalue weighted by Gasteiger charge is 2.19. The highest BCUT2D eigenvalue weighted by Crippen LogP contribution is 2.27. The van der Waals surface area contributed by atoms with Gasteiger partial charge in [0.1, 0.15) is 5.75 Å². The third-order valence-corrected chi connectivity index (χ3v) is 3.30. The predicted octanol–water partition coefficient (Wildman–Crippen LogP) is 3.27. The zero-order chi connectivity index (χ0) is 13.8. The number of rotatable bonds is 5. The molecule has 1 rings (SSSR count).